The molecule has 0 saturated carbocycles. The van der Waals surface area contributed by atoms with Crippen molar-refractivity contribution in [3.8, 4) is 11.5 Å². The van der Waals surface area contributed by atoms with Crippen LogP contribution in [0.1, 0.15) is 24.0 Å². The zero-order valence-corrected chi connectivity index (χ0v) is 10.8. The molecule has 2 aromatic rings. The summed E-state index contributed by atoms with van der Waals surface area (Å²) in [6.07, 6.45) is 3.65. The number of phenols is 2. The summed E-state index contributed by atoms with van der Waals surface area (Å²) in [4.78, 5) is 0. The smallest absolute Gasteiger partial charge is 0.139 e. The molecule has 0 aromatic heterocycles. The van der Waals surface area contributed by atoms with Crippen LogP contribution in [-0.2, 0) is 12.8 Å². The number of aryl methyl sites for hydroxylation is 1. The van der Waals surface area contributed by atoms with Gasteiger partial charge in [0.1, 0.15) is 11.5 Å². The fourth-order valence-corrected chi connectivity index (χ4v) is 2.18. The molecule has 19 heavy (non-hydrogen) atoms. The van der Waals surface area contributed by atoms with Crippen LogP contribution in [0.25, 0.3) is 0 Å². The Hall–Kier alpha value is -2.16. The molecule has 0 spiro atoms. The molecule has 0 aliphatic heterocycles. The van der Waals surface area contributed by atoms with Gasteiger partial charge in [0.05, 0.1) is 5.69 Å². The van der Waals surface area contributed by atoms with E-state index in [9.17, 15) is 10.2 Å². The van der Waals surface area contributed by atoms with Gasteiger partial charge in [0.2, 0.25) is 0 Å². The molecule has 0 fully saturated rings. The Labute approximate surface area is 113 Å². The van der Waals surface area contributed by atoms with Crippen molar-refractivity contribution in [1.82, 2.24) is 0 Å². The summed E-state index contributed by atoms with van der Waals surface area (Å²) in [7, 11) is 0. The van der Waals surface area contributed by atoms with Crippen LogP contribution in [0.4, 0.5) is 5.69 Å². The van der Waals surface area contributed by atoms with Gasteiger partial charge >= 0.3 is 0 Å². The van der Waals surface area contributed by atoms with E-state index < -0.39 is 0 Å². The third kappa shape index (κ3) is 3.41. The molecular weight excluding hydrogens is 238 g/mol. The summed E-state index contributed by atoms with van der Waals surface area (Å²) >= 11 is 0. The first-order valence-corrected chi connectivity index (χ1v) is 6.51. The molecule has 3 nitrogen and oxygen atoms in total. The molecule has 0 amide bonds. The molecule has 2 aromatic carbocycles. The van der Waals surface area contributed by atoms with Gasteiger partial charge in [-0.05, 0) is 43.4 Å². The van der Waals surface area contributed by atoms with E-state index in [1.807, 2.05) is 18.2 Å². The molecule has 0 radical (unpaired) electrons. The van der Waals surface area contributed by atoms with Crippen molar-refractivity contribution in [3.05, 3.63) is 53.6 Å². The molecular formula is C16H19NO2. The van der Waals surface area contributed by atoms with Crippen LogP contribution in [0.3, 0.4) is 0 Å². The van der Waals surface area contributed by atoms with Crippen LogP contribution in [0, 0.1) is 0 Å². The van der Waals surface area contributed by atoms with E-state index in [2.05, 4.69) is 12.1 Å². The van der Waals surface area contributed by atoms with Crippen LogP contribution in [-0.4, -0.2) is 10.2 Å². The van der Waals surface area contributed by atoms with E-state index in [1.54, 1.807) is 0 Å². The highest BCUT2D eigenvalue weighted by Crippen LogP contribution is 2.32. The number of nitrogen functional groups attached to an aromatic ring is 1. The van der Waals surface area contributed by atoms with E-state index in [4.69, 9.17) is 5.73 Å². The molecule has 0 aliphatic rings. The number of phenolic OH excluding ortho intramolecular Hbond substituents is 2. The number of unbranched alkanes of at least 4 members (excludes halogenated alkanes) is 1. The van der Waals surface area contributed by atoms with E-state index in [1.165, 1.54) is 17.7 Å². The van der Waals surface area contributed by atoms with Gasteiger partial charge in [-0.15, -0.1) is 0 Å². The predicted octanol–water partition coefficient (Wildman–Crippen LogP) is 3.25. The Morgan fingerprint density at radius 2 is 1.42 bits per heavy atom. The maximum Gasteiger partial charge on any atom is 0.139 e. The minimum absolute atomic E-state index is 0.0378. The Morgan fingerprint density at radius 1 is 0.789 bits per heavy atom. The molecule has 0 heterocycles. The molecule has 0 atom stereocenters. The van der Waals surface area contributed by atoms with Gasteiger partial charge in [0.15, 0.2) is 0 Å². The maximum absolute atomic E-state index is 9.74. The Kier molecular flexibility index (Phi) is 4.29. The average Bonchev–Trinajstić information content (AvgIpc) is 2.43. The van der Waals surface area contributed by atoms with Crippen molar-refractivity contribution in [2.24, 2.45) is 0 Å². The third-order valence-electron chi connectivity index (χ3n) is 3.29. The molecule has 2 rings (SSSR count). The summed E-state index contributed by atoms with van der Waals surface area (Å²) in [5.74, 6) is 0.200. The second-order valence-corrected chi connectivity index (χ2v) is 4.69. The zero-order valence-electron chi connectivity index (χ0n) is 10.8. The monoisotopic (exact) mass is 257 g/mol. The first-order chi connectivity index (χ1) is 9.18. The number of nitrogens with two attached hydrogens (primary N) is 1. The van der Waals surface area contributed by atoms with Gasteiger partial charge in [0.25, 0.3) is 0 Å². The van der Waals surface area contributed by atoms with Crippen LogP contribution >= 0.6 is 0 Å². The fraction of sp³-hybridized carbons (Fsp3) is 0.250. The average molecular weight is 257 g/mol. The lowest BCUT2D eigenvalue weighted by molar-refractivity contribution is 0.455. The highest BCUT2D eigenvalue weighted by Gasteiger charge is 2.09. The summed E-state index contributed by atoms with van der Waals surface area (Å²) in [5, 5.41) is 19.3. The number of hydrogen-bond donors (Lipinski definition) is 3. The van der Waals surface area contributed by atoms with Crippen molar-refractivity contribution in [1.29, 1.82) is 0 Å². The molecule has 3 heteroatoms. The lowest BCUT2D eigenvalue weighted by Gasteiger charge is -2.09. The second kappa shape index (κ2) is 6.14. The van der Waals surface area contributed by atoms with Gasteiger partial charge in [-0.1, -0.05) is 30.3 Å². The third-order valence-corrected chi connectivity index (χ3v) is 3.29. The molecule has 0 unspecified atom stereocenters. The molecule has 0 saturated heterocycles. The first-order valence-electron chi connectivity index (χ1n) is 6.51. The number of rotatable bonds is 5. The van der Waals surface area contributed by atoms with Crippen molar-refractivity contribution in [2.75, 3.05) is 5.73 Å². The molecule has 0 aliphatic carbocycles. The highest BCUT2D eigenvalue weighted by atomic mass is 16.3. The second-order valence-electron chi connectivity index (χ2n) is 4.69. The summed E-state index contributed by atoms with van der Waals surface area (Å²) in [5.41, 5.74) is 8.02. The van der Waals surface area contributed by atoms with Crippen LogP contribution in [0.15, 0.2) is 42.5 Å². The van der Waals surface area contributed by atoms with E-state index in [0.717, 1.165) is 19.3 Å². The van der Waals surface area contributed by atoms with Crippen molar-refractivity contribution >= 4 is 5.69 Å². The standard InChI is InChI=1S/C16H19NO2/c17-16-13(14(18)10-11-15(16)19)9-5-4-8-12-6-2-1-3-7-12/h1-3,6-7,10-11,18-19H,4-5,8-9,17H2. The largest absolute Gasteiger partial charge is 0.508 e. The first kappa shape index (κ1) is 13.3. The number of aromatic hydroxyl groups is 2. The van der Waals surface area contributed by atoms with Crippen LogP contribution in [0.5, 0.6) is 11.5 Å². The van der Waals surface area contributed by atoms with Gasteiger partial charge in [-0.2, -0.15) is 0 Å². The summed E-state index contributed by atoms with van der Waals surface area (Å²) < 4.78 is 0. The van der Waals surface area contributed by atoms with Crippen molar-refractivity contribution < 1.29 is 10.2 Å². The van der Waals surface area contributed by atoms with Crippen molar-refractivity contribution in [3.63, 3.8) is 0 Å². The quantitative estimate of drug-likeness (QED) is 0.333. The number of hydrogen-bond acceptors (Lipinski definition) is 3. The van der Waals surface area contributed by atoms with E-state index >= 15 is 0 Å². The van der Waals surface area contributed by atoms with Gasteiger partial charge in [0, 0.05) is 5.56 Å². The lowest BCUT2D eigenvalue weighted by Crippen LogP contribution is -1.96. The SMILES string of the molecule is Nc1c(O)ccc(O)c1CCCCc1ccccc1. The van der Waals surface area contributed by atoms with Gasteiger partial charge < -0.3 is 15.9 Å². The topological polar surface area (TPSA) is 66.5 Å². The number of benzene rings is 2. The number of anilines is 1. The molecule has 100 valence electrons. The highest BCUT2D eigenvalue weighted by molar-refractivity contribution is 5.62. The molecule has 0 bridgehead atoms. The minimum atomic E-state index is 0.0378. The van der Waals surface area contributed by atoms with Gasteiger partial charge in [-0.3, -0.25) is 0 Å². The van der Waals surface area contributed by atoms with Crippen molar-refractivity contribution in [2.45, 2.75) is 25.7 Å². The summed E-state index contributed by atoms with van der Waals surface area (Å²) in [6.45, 7) is 0. The van der Waals surface area contributed by atoms with Gasteiger partial charge in [-0.25, -0.2) is 0 Å². The fourth-order valence-electron chi connectivity index (χ4n) is 2.18. The zero-order chi connectivity index (χ0) is 13.7. The van der Waals surface area contributed by atoms with Crippen LogP contribution in [0.2, 0.25) is 0 Å². The Balaban J connectivity index is 1.88. The minimum Gasteiger partial charge on any atom is -0.508 e. The van der Waals surface area contributed by atoms with E-state index in [-0.39, 0.29) is 11.5 Å². The Bertz CT molecular complexity index is 538. The maximum atomic E-state index is 9.74. The van der Waals surface area contributed by atoms with Crippen LogP contribution < -0.4 is 5.73 Å². The summed E-state index contributed by atoms with van der Waals surface area (Å²) in [6, 6.07) is 13.2. The Morgan fingerprint density at radius 3 is 2.16 bits per heavy atom. The normalized spacial score (nSPS) is 10.5. The van der Waals surface area contributed by atoms with E-state index in [0.29, 0.717) is 17.7 Å². The lowest BCUT2D eigenvalue weighted by atomic mass is 10.0. The molecule has 4 N–H and O–H groups in total. The predicted molar refractivity (Wildman–Crippen MR) is 77.3 cm³/mol.